The Morgan fingerprint density at radius 2 is 2.12 bits per heavy atom. The van der Waals surface area contributed by atoms with Gasteiger partial charge < -0.3 is 10.2 Å². The van der Waals surface area contributed by atoms with E-state index in [-0.39, 0.29) is 37.6 Å². The first-order valence-electron chi connectivity index (χ1n) is 7.49. The molecule has 2 aliphatic rings. The third kappa shape index (κ3) is 2.90. The van der Waals surface area contributed by atoms with Crippen LogP contribution in [0.3, 0.4) is 0 Å². The van der Waals surface area contributed by atoms with Gasteiger partial charge in [0, 0.05) is 25.1 Å². The van der Waals surface area contributed by atoms with Crippen LogP contribution in [0.2, 0.25) is 0 Å². The van der Waals surface area contributed by atoms with Crippen molar-refractivity contribution in [2.45, 2.75) is 32.0 Å². The molecule has 124 valence electrons. The van der Waals surface area contributed by atoms with Crippen LogP contribution in [0.1, 0.15) is 34.3 Å². The number of aldehydes is 1. The minimum atomic E-state index is -0.711. The van der Waals surface area contributed by atoms with Gasteiger partial charge in [-0.05, 0) is 23.6 Å². The molecule has 0 bridgehead atoms. The second kappa shape index (κ2) is 6.23. The first-order chi connectivity index (χ1) is 11.5. The highest BCUT2D eigenvalue weighted by molar-refractivity contribution is 6.23. The predicted octanol–water partition coefficient (Wildman–Crippen LogP) is -0.737. The minimum Gasteiger partial charge on any atom is -0.346 e. The number of nitrogens with one attached hydrogen (secondary N) is 2. The third-order valence-electron chi connectivity index (χ3n) is 4.16. The monoisotopic (exact) mass is 329 g/mol. The lowest BCUT2D eigenvalue weighted by atomic mass is 10.0. The largest absolute Gasteiger partial charge is 0.346 e. The van der Waals surface area contributed by atoms with Gasteiger partial charge >= 0.3 is 0 Å². The Hall–Kier alpha value is -3.03. The van der Waals surface area contributed by atoms with E-state index in [4.69, 9.17) is 0 Å². The smallest absolute Gasteiger partial charge is 0.284 e. The molecule has 0 aromatic heterocycles. The summed E-state index contributed by atoms with van der Waals surface area (Å²) in [4.78, 5) is 58.4. The Morgan fingerprint density at radius 3 is 2.83 bits per heavy atom. The first kappa shape index (κ1) is 15.9. The van der Waals surface area contributed by atoms with Crippen molar-refractivity contribution in [1.82, 2.24) is 15.5 Å². The Balaban J connectivity index is 1.75. The molecule has 1 aromatic carbocycles. The van der Waals surface area contributed by atoms with Gasteiger partial charge in [-0.2, -0.15) is 0 Å². The molecule has 1 unspecified atom stereocenters. The van der Waals surface area contributed by atoms with Crippen LogP contribution in [-0.4, -0.2) is 40.9 Å². The normalized spacial score (nSPS) is 19.8. The van der Waals surface area contributed by atoms with Gasteiger partial charge in [0.2, 0.25) is 18.1 Å². The summed E-state index contributed by atoms with van der Waals surface area (Å²) in [6.07, 6.45) is 0.716. The number of imide groups is 1. The number of nitrogens with zero attached hydrogens (tertiary/aromatic N) is 1. The van der Waals surface area contributed by atoms with Crippen molar-refractivity contribution in [3.8, 4) is 0 Å². The molecule has 2 N–H and O–H groups in total. The number of hydrogen-bond acceptors (Lipinski definition) is 5. The van der Waals surface area contributed by atoms with E-state index in [9.17, 15) is 24.0 Å². The molecule has 1 atom stereocenters. The summed E-state index contributed by atoms with van der Waals surface area (Å²) in [5, 5.41) is 4.68. The van der Waals surface area contributed by atoms with E-state index in [1.165, 1.54) is 4.90 Å². The van der Waals surface area contributed by atoms with Crippen LogP contribution in [0.25, 0.3) is 0 Å². The van der Waals surface area contributed by atoms with Crippen molar-refractivity contribution in [2.24, 2.45) is 0 Å². The predicted molar refractivity (Wildman–Crippen MR) is 80.4 cm³/mol. The lowest BCUT2D eigenvalue weighted by Gasteiger charge is -2.29. The summed E-state index contributed by atoms with van der Waals surface area (Å²) >= 11 is 0. The van der Waals surface area contributed by atoms with E-state index in [2.05, 4.69) is 10.6 Å². The number of amides is 4. The molecule has 0 saturated carbocycles. The number of piperidine rings is 1. The van der Waals surface area contributed by atoms with Crippen molar-refractivity contribution < 1.29 is 24.0 Å². The zero-order valence-electron chi connectivity index (χ0n) is 12.7. The molecule has 4 amide bonds. The summed E-state index contributed by atoms with van der Waals surface area (Å²) in [5.41, 5.74) is 2.01. The van der Waals surface area contributed by atoms with Gasteiger partial charge in [-0.1, -0.05) is 12.1 Å². The molecule has 0 radical (unpaired) electrons. The Kier molecular flexibility index (Phi) is 4.11. The molecule has 1 fully saturated rings. The van der Waals surface area contributed by atoms with Crippen LogP contribution >= 0.6 is 0 Å². The van der Waals surface area contributed by atoms with Gasteiger partial charge in [-0.15, -0.1) is 0 Å². The topological polar surface area (TPSA) is 113 Å². The first-order valence-corrected chi connectivity index (χ1v) is 7.49. The summed E-state index contributed by atoms with van der Waals surface area (Å²) in [6, 6.07) is 4.45. The molecule has 1 aromatic rings. The lowest BCUT2D eigenvalue weighted by molar-refractivity contribution is -0.137. The van der Waals surface area contributed by atoms with Gasteiger partial charge in [0.1, 0.15) is 6.04 Å². The molecule has 0 spiro atoms. The fourth-order valence-corrected chi connectivity index (χ4v) is 2.97. The number of benzene rings is 1. The minimum absolute atomic E-state index is 0.178. The van der Waals surface area contributed by atoms with Crippen LogP contribution in [-0.2, 0) is 32.3 Å². The molecule has 8 nitrogen and oxygen atoms in total. The summed E-state index contributed by atoms with van der Waals surface area (Å²) in [7, 11) is 0. The van der Waals surface area contributed by atoms with Gasteiger partial charge in [0.05, 0.1) is 0 Å². The van der Waals surface area contributed by atoms with Gasteiger partial charge in [0.15, 0.2) is 0 Å². The summed E-state index contributed by atoms with van der Waals surface area (Å²) in [6.45, 7) is 0.452. The maximum Gasteiger partial charge on any atom is 0.284 e. The van der Waals surface area contributed by atoms with Crippen molar-refractivity contribution in [3.63, 3.8) is 0 Å². The van der Waals surface area contributed by atoms with Gasteiger partial charge in [-0.25, -0.2) is 0 Å². The number of rotatable bonds is 4. The van der Waals surface area contributed by atoms with Crippen LogP contribution in [0.4, 0.5) is 0 Å². The Bertz CT molecular complexity index is 758. The molecule has 2 heterocycles. The van der Waals surface area contributed by atoms with Crippen LogP contribution in [0, 0.1) is 0 Å². The lowest BCUT2D eigenvalue weighted by Crippen LogP contribution is -2.52. The van der Waals surface area contributed by atoms with E-state index < -0.39 is 17.9 Å². The maximum atomic E-state index is 12.5. The molecule has 0 aliphatic carbocycles. The van der Waals surface area contributed by atoms with Crippen LogP contribution in [0.5, 0.6) is 0 Å². The number of hydrogen-bond donors (Lipinski definition) is 2. The van der Waals surface area contributed by atoms with E-state index in [1.54, 1.807) is 18.2 Å². The highest BCUT2D eigenvalue weighted by atomic mass is 16.2. The van der Waals surface area contributed by atoms with E-state index in [0.717, 1.165) is 11.1 Å². The Labute approximate surface area is 137 Å². The quantitative estimate of drug-likeness (QED) is 0.429. The van der Waals surface area contributed by atoms with Gasteiger partial charge in [0.25, 0.3) is 11.8 Å². The fourth-order valence-electron chi connectivity index (χ4n) is 2.97. The summed E-state index contributed by atoms with van der Waals surface area (Å²) < 4.78 is 0. The number of carbonyl (C=O) groups is 5. The molecule has 1 saturated heterocycles. The third-order valence-corrected chi connectivity index (χ3v) is 4.16. The highest BCUT2D eigenvalue weighted by Gasteiger charge is 2.38. The van der Waals surface area contributed by atoms with E-state index in [1.807, 2.05) is 0 Å². The maximum absolute atomic E-state index is 12.5. The zero-order chi connectivity index (χ0) is 17.3. The molecule has 3 rings (SSSR count). The van der Waals surface area contributed by atoms with Crippen LogP contribution in [0.15, 0.2) is 18.2 Å². The molecule has 24 heavy (non-hydrogen) atoms. The second-order valence-corrected chi connectivity index (χ2v) is 5.73. The zero-order valence-corrected chi connectivity index (χ0v) is 12.7. The Morgan fingerprint density at radius 1 is 1.33 bits per heavy atom. The molecular formula is C16H15N3O5. The average molecular weight is 329 g/mol. The molecule has 2 aliphatic heterocycles. The van der Waals surface area contributed by atoms with E-state index in [0.29, 0.717) is 12.0 Å². The second-order valence-electron chi connectivity index (χ2n) is 5.73. The van der Waals surface area contributed by atoms with Crippen molar-refractivity contribution in [2.75, 3.05) is 0 Å². The SMILES string of the molecule is O=CC(=O)NCc1ccc2c(c1)CN(C1CCC(=O)NC1=O)C2=O. The molecule has 8 heteroatoms. The number of fused-ring (bicyclic) bond motifs is 1. The van der Waals surface area contributed by atoms with E-state index >= 15 is 0 Å². The van der Waals surface area contributed by atoms with Crippen LogP contribution < -0.4 is 10.6 Å². The number of carbonyl (C=O) groups excluding carboxylic acids is 5. The highest BCUT2D eigenvalue weighted by Crippen LogP contribution is 2.28. The standard InChI is InChI=1S/C16H15N3O5/c20-8-14(22)17-6-9-1-2-11-10(5-9)7-19(16(11)24)12-3-4-13(21)18-15(12)23/h1-2,5,8,12H,3-4,6-7H2,(H,17,22)(H,18,21,23). The van der Waals surface area contributed by atoms with Gasteiger partial charge in [-0.3, -0.25) is 29.3 Å². The van der Waals surface area contributed by atoms with Crippen molar-refractivity contribution >= 4 is 29.9 Å². The summed E-state index contributed by atoms with van der Waals surface area (Å²) in [5.74, 6) is -1.74. The van der Waals surface area contributed by atoms with Crippen molar-refractivity contribution in [3.05, 3.63) is 34.9 Å². The molecular weight excluding hydrogens is 314 g/mol. The van der Waals surface area contributed by atoms with Crippen molar-refractivity contribution in [1.29, 1.82) is 0 Å². The fraction of sp³-hybridized carbons (Fsp3) is 0.312. The average Bonchev–Trinajstić information content (AvgIpc) is 2.89.